The third-order valence-corrected chi connectivity index (χ3v) is 1.69. The molecule has 0 fully saturated rings. The number of nitrogens with two attached hydrogens (primary N) is 1. The van der Waals surface area contributed by atoms with E-state index in [2.05, 4.69) is 12.6 Å². The maximum atomic E-state index is 13.0. The van der Waals surface area contributed by atoms with Gasteiger partial charge in [-0.3, -0.25) is 0 Å². The van der Waals surface area contributed by atoms with Crippen molar-refractivity contribution in [1.82, 2.24) is 0 Å². The van der Waals surface area contributed by atoms with Crippen LogP contribution in [0.1, 0.15) is 5.56 Å². The molecule has 0 aliphatic carbocycles. The van der Waals surface area contributed by atoms with E-state index in [1.807, 2.05) is 0 Å². The van der Waals surface area contributed by atoms with Crippen LogP contribution < -0.4 is 5.73 Å². The number of anilines is 1. The van der Waals surface area contributed by atoms with Crippen LogP contribution in [-0.2, 0) is 0 Å². The number of rotatable bonds is 2. The molecular weight excluding hydrogens is 173 g/mol. The molecule has 0 unspecified atom stereocenters. The number of hydrogen-bond acceptors (Lipinski definition) is 2. The highest BCUT2D eigenvalue weighted by Gasteiger charge is 2.00. The van der Waals surface area contributed by atoms with Crippen LogP contribution >= 0.6 is 12.6 Å². The summed E-state index contributed by atoms with van der Waals surface area (Å²) in [6, 6.07) is 4.64. The zero-order valence-corrected chi connectivity index (χ0v) is 7.39. The highest BCUT2D eigenvalue weighted by atomic mass is 32.1. The zero-order valence-electron chi connectivity index (χ0n) is 6.50. The third kappa shape index (κ3) is 2.01. The Morgan fingerprint density at radius 3 is 2.83 bits per heavy atom. The Hall–Kier alpha value is -0.960. The summed E-state index contributed by atoms with van der Waals surface area (Å²) in [6.45, 7) is 0. The van der Waals surface area contributed by atoms with Gasteiger partial charge >= 0.3 is 0 Å². The van der Waals surface area contributed by atoms with Gasteiger partial charge in [0.2, 0.25) is 0 Å². The van der Waals surface area contributed by atoms with Crippen molar-refractivity contribution in [2.45, 2.75) is 0 Å². The topological polar surface area (TPSA) is 26.0 Å². The van der Waals surface area contributed by atoms with E-state index in [0.717, 1.165) is 0 Å². The molecule has 1 aromatic carbocycles. The van der Waals surface area contributed by atoms with Gasteiger partial charge in [0, 0.05) is 17.0 Å². The number of benzene rings is 1. The first-order valence-electron chi connectivity index (χ1n) is 3.57. The van der Waals surface area contributed by atoms with Crippen molar-refractivity contribution in [3.05, 3.63) is 35.7 Å². The van der Waals surface area contributed by atoms with Crippen LogP contribution in [0.2, 0.25) is 0 Å². The maximum Gasteiger partial charge on any atom is 0.132 e. The number of thiol groups is 1. The first kappa shape index (κ1) is 9.13. The zero-order chi connectivity index (χ0) is 8.97. The lowest BCUT2D eigenvalue weighted by Crippen LogP contribution is -1.91. The summed E-state index contributed by atoms with van der Waals surface area (Å²) in [5.74, 6) is 0.279. The summed E-state index contributed by atoms with van der Waals surface area (Å²) in [5, 5.41) is 0. The molecule has 0 radical (unpaired) electrons. The Morgan fingerprint density at radius 2 is 2.25 bits per heavy atom. The second kappa shape index (κ2) is 4.16. The van der Waals surface area contributed by atoms with Gasteiger partial charge in [-0.2, -0.15) is 12.6 Å². The van der Waals surface area contributed by atoms with E-state index in [4.69, 9.17) is 5.73 Å². The normalized spacial score (nSPS) is 10.8. The van der Waals surface area contributed by atoms with Gasteiger partial charge in [0.25, 0.3) is 0 Å². The molecule has 64 valence electrons. The molecule has 0 aliphatic heterocycles. The fourth-order valence-electron chi connectivity index (χ4n) is 0.900. The largest absolute Gasteiger partial charge is 0.398 e. The van der Waals surface area contributed by atoms with Crippen LogP contribution in [0.4, 0.5) is 10.1 Å². The van der Waals surface area contributed by atoms with Gasteiger partial charge in [0.1, 0.15) is 5.82 Å². The fraction of sp³-hybridized carbons (Fsp3) is 0.111. The van der Waals surface area contributed by atoms with Crippen molar-refractivity contribution < 1.29 is 4.39 Å². The van der Waals surface area contributed by atoms with Crippen molar-refractivity contribution in [1.29, 1.82) is 0 Å². The van der Waals surface area contributed by atoms with E-state index in [1.165, 1.54) is 6.07 Å². The molecule has 1 aromatic rings. The standard InChI is InChI=1S/C9H10FNS/c10-8-4-1-5-9(11)7(8)3-2-6-12/h1-5,12H,6,11H2. The Morgan fingerprint density at radius 1 is 1.50 bits per heavy atom. The highest BCUT2D eigenvalue weighted by molar-refractivity contribution is 7.80. The average Bonchev–Trinajstić information content (AvgIpc) is 2.04. The first-order chi connectivity index (χ1) is 5.75. The number of nitrogen functional groups attached to an aromatic ring is 1. The van der Waals surface area contributed by atoms with Gasteiger partial charge < -0.3 is 5.73 Å². The lowest BCUT2D eigenvalue weighted by atomic mass is 10.1. The second-order valence-corrected chi connectivity index (χ2v) is 2.69. The molecule has 0 aliphatic rings. The third-order valence-electron chi connectivity index (χ3n) is 1.48. The molecule has 0 saturated heterocycles. The summed E-state index contributed by atoms with van der Waals surface area (Å²) >= 11 is 3.97. The molecule has 0 bridgehead atoms. The molecule has 12 heavy (non-hydrogen) atoms. The van der Waals surface area contributed by atoms with Crippen molar-refractivity contribution >= 4 is 24.4 Å². The van der Waals surface area contributed by atoms with Crippen LogP contribution in [0.3, 0.4) is 0 Å². The van der Waals surface area contributed by atoms with Crippen molar-refractivity contribution in [3.63, 3.8) is 0 Å². The summed E-state index contributed by atoms with van der Waals surface area (Å²) in [5.41, 5.74) is 6.43. The van der Waals surface area contributed by atoms with E-state index >= 15 is 0 Å². The first-order valence-corrected chi connectivity index (χ1v) is 4.20. The lowest BCUT2D eigenvalue weighted by molar-refractivity contribution is 0.626. The van der Waals surface area contributed by atoms with E-state index < -0.39 is 0 Å². The minimum atomic E-state index is -0.298. The monoisotopic (exact) mass is 183 g/mol. The van der Waals surface area contributed by atoms with Gasteiger partial charge in [0.15, 0.2) is 0 Å². The molecule has 0 amide bonds. The van der Waals surface area contributed by atoms with Gasteiger partial charge in [-0.05, 0) is 12.1 Å². The van der Waals surface area contributed by atoms with Gasteiger partial charge in [-0.25, -0.2) is 4.39 Å². The van der Waals surface area contributed by atoms with Crippen LogP contribution in [-0.4, -0.2) is 5.75 Å². The maximum absolute atomic E-state index is 13.0. The van der Waals surface area contributed by atoms with Crippen LogP contribution in [0.25, 0.3) is 6.08 Å². The van der Waals surface area contributed by atoms with Crippen molar-refractivity contribution in [3.8, 4) is 0 Å². The lowest BCUT2D eigenvalue weighted by Gasteiger charge is -2.00. The van der Waals surface area contributed by atoms with Gasteiger partial charge in [0.05, 0.1) is 0 Å². The molecule has 3 heteroatoms. The molecule has 0 spiro atoms. The molecule has 2 N–H and O–H groups in total. The highest BCUT2D eigenvalue weighted by Crippen LogP contribution is 2.16. The Bertz CT molecular complexity index is 276. The van der Waals surface area contributed by atoms with Crippen molar-refractivity contribution in [2.75, 3.05) is 11.5 Å². The average molecular weight is 183 g/mol. The van der Waals surface area contributed by atoms with E-state index in [1.54, 1.807) is 24.3 Å². The minimum absolute atomic E-state index is 0.298. The summed E-state index contributed by atoms with van der Waals surface area (Å²) < 4.78 is 13.0. The quantitative estimate of drug-likeness (QED) is 0.534. The number of halogens is 1. The van der Waals surface area contributed by atoms with E-state index in [9.17, 15) is 4.39 Å². The van der Waals surface area contributed by atoms with E-state index in [-0.39, 0.29) is 5.82 Å². The van der Waals surface area contributed by atoms with Crippen molar-refractivity contribution in [2.24, 2.45) is 0 Å². The Balaban J connectivity index is 3.04. The van der Waals surface area contributed by atoms with Gasteiger partial charge in [-0.15, -0.1) is 0 Å². The predicted molar refractivity (Wildman–Crippen MR) is 53.7 cm³/mol. The second-order valence-electron chi connectivity index (χ2n) is 2.33. The molecule has 0 aromatic heterocycles. The molecule has 1 nitrogen and oxygen atoms in total. The van der Waals surface area contributed by atoms with Crippen LogP contribution in [0.15, 0.2) is 24.3 Å². The molecule has 0 atom stereocenters. The smallest absolute Gasteiger partial charge is 0.132 e. The van der Waals surface area contributed by atoms with Gasteiger partial charge in [-0.1, -0.05) is 18.2 Å². The molecular formula is C9H10FNS. The molecule has 0 heterocycles. The summed E-state index contributed by atoms with van der Waals surface area (Å²) in [6.07, 6.45) is 3.38. The minimum Gasteiger partial charge on any atom is -0.398 e. The fourth-order valence-corrected chi connectivity index (χ4v) is 1.01. The summed E-state index contributed by atoms with van der Waals surface area (Å²) in [4.78, 5) is 0. The Labute approximate surface area is 76.5 Å². The van der Waals surface area contributed by atoms with Crippen LogP contribution in [0, 0.1) is 5.82 Å². The molecule has 0 saturated carbocycles. The van der Waals surface area contributed by atoms with E-state index in [0.29, 0.717) is 17.0 Å². The summed E-state index contributed by atoms with van der Waals surface area (Å²) in [7, 11) is 0. The Kier molecular flexibility index (Phi) is 3.17. The number of hydrogen-bond donors (Lipinski definition) is 2. The predicted octanol–water partition coefficient (Wildman–Crippen LogP) is 2.35. The van der Waals surface area contributed by atoms with Crippen LogP contribution in [0.5, 0.6) is 0 Å². The SMILES string of the molecule is Nc1cccc(F)c1C=CCS. The molecule has 1 rings (SSSR count).